The molecule has 0 bridgehead atoms. The molecule has 0 spiro atoms. The molecule has 3 N–H and O–H groups in total. The average Bonchev–Trinajstić information content (AvgIpc) is 2.39. The Kier molecular flexibility index (Phi) is 9.52. The molecule has 0 saturated carbocycles. The summed E-state index contributed by atoms with van der Waals surface area (Å²) in [6.45, 7) is 8.67. The molecule has 0 radical (unpaired) electrons. The molecule has 0 aliphatic heterocycles. The zero-order valence-electron chi connectivity index (χ0n) is 13.2. The van der Waals surface area contributed by atoms with Gasteiger partial charge in [0.25, 0.3) is 0 Å². The number of hydrogen-bond donors (Lipinski definition) is 3. The van der Waals surface area contributed by atoms with Crippen molar-refractivity contribution in [3.63, 3.8) is 0 Å². The van der Waals surface area contributed by atoms with E-state index in [1.54, 1.807) is 19.2 Å². The van der Waals surface area contributed by atoms with Gasteiger partial charge in [0, 0.05) is 32.2 Å². The summed E-state index contributed by atoms with van der Waals surface area (Å²) in [7, 11) is 1.73. The molecular weight excluding hydrogens is 382 g/mol. The van der Waals surface area contributed by atoms with E-state index < -0.39 is 0 Å². The molecule has 120 valence electrons. The smallest absolute Gasteiger partial charge is 0.191 e. The topological polar surface area (TPSA) is 48.5 Å². The third-order valence-electron chi connectivity index (χ3n) is 2.67. The molecule has 0 amide bonds. The van der Waals surface area contributed by atoms with Crippen LogP contribution in [0.2, 0.25) is 0 Å². The molecule has 0 saturated heterocycles. The van der Waals surface area contributed by atoms with Crippen molar-refractivity contribution in [2.75, 3.05) is 20.1 Å². The highest BCUT2D eigenvalue weighted by molar-refractivity contribution is 14.0. The Labute approximate surface area is 144 Å². The molecule has 0 fully saturated rings. The van der Waals surface area contributed by atoms with Gasteiger partial charge in [-0.1, -0.05) is 12.1 Å². The van der Waals surface area contributed by atoms with Crippen LogP contribution in [0.25, 0.3) is 0 Å². The first-order valence-electron chi connectivity index (χ1n) is 6.85. The highest BCUT2D eigenvalue weighted by Crippen LogP contribution is 2.01. The summed E-state index contributed by atoms with van der Waals surface area (Å²) in [5.74, 6) is 0.523. The summed E-state index contributed by atoms with van der Waals surface area (Å²) in [4.78, 5) is 4.15. The third kappa shape index (κ3) is 9.62. The molecule has 1 aromatic carbocycles. The summed E-state index contributed by atoms with van der Waals surface area (Å²) in [6.07, 6.45) is 0. The summed E-state index contributed by atoms with van der Waals surface area (Å²) >= 11 is 0. The van der Waals surface area contributed by atoms with Crippen LogP contribution in [0.4, 0.5) is 4.39 Å². The number of benzene rings is 1. The highest BCUT2D eigenvalue weighted by atomic mass is 127. The SMILES string of the molecule is CN=C(NCCNC(C)(C)C)NCc1ccc(F)cc1.I. The number of nitrogens with zero attached hydrogens (tertiary/aromatic N) is 1. The first-order chi connectivity index (χ1) is 9.40. The van der Waals surface area contributed by atoms with E-state index in [2.05, 4.69) is 41.7 Å². The van der Waals surface area contributed by atoms with Gasteiger partial charge in [-0.3, -0.25) is 4.99 Å². The van der Waals surface area contributed by atoms with Crippen LogP contribution in [-0.2, 0) is 6.54 Å². The number of halogens is 2. The maximum Gasteiger partial charge on any atom is 0.191 e. The van der Waals surface area contributed by atoms with E-state index in [1.807, 2.05) is 0 Å². The van der Waals surface area contributed by atoms with E-state index >= 15 is 0 Å². The average molecular weight is 408 g/mol. The van der Waals surface area contributed by atoms with Gasteiger partial charge < -0.3 is 16.0 Å². The lowest BCUT2D eigenvalue weighted by Gasteiger charge is -2.21. The molecule has 0 heterocycles. The Hall–Kier alpha value is -0.890. The lowest BCUT2D eigenvalue weighted by Crippen LogP contribution is -2.44. The zero-order chi connectivity index (χ0) is 15.0. The molecule has 0 aliphatic carbocycles. The van der Waals surface area contributed by atoms with Crippen LogP contribution in [0.5, 0.6) is 0 Å². The van der Waals surface area contributed by atoms with E-state index in [9.17, 15) is 4.39 Å². The van der Waals surface area contributed by atoms with Crippen LogP contribution >= 0.6 is 24.0 Å². The van der Waals surface area contributed by atoms with Crippen molar-refractivity contribution in [2.24, 2.45) is 4.99 Å². The molecular formula is C15H26FIN4. The second kappa shape index (κ2) is 9.94. The van der Waals surface area contributed by atoms with Gasteiger partial charge >= 0.3 is 0 Å². The maximum atomic E-state index is 12.8. The molecule has 1 aromatic rings. The first kappa shape index (κ1) is 20.1. The Morgan fingerprint density at radius 1 is 1.10 bits per heavy atom. The monoisotopic (exact) mass is 408 g/mol. The van der Waals surface area contributed by atoms with E-state index in [0.717, 1.165) is 24.6 Å². The quantitative estimate of drug-likeness (QED) is 0.304. The van der Waals surface area contributed by atoms with Crippen LogP contribution in [0, 0.1) is 5.82 Å². The first-order valence-corrected chi connectivity index (χ1v) is 6.85. The fraction of sp³-hybridized carbons (Fsp3) is 0.533. The highest BCUT2D eigenvalue weighted by Gasteiger charge is 2.07. The standard InChI is InChI=1S/C15H25FN4.HI/c1-15(2,3)20-10-9-18-14(17-4)19-11-12-5-7-13(16)8-6-12;/h5-8,20H,9-11H2,1-4H3,(H2,17,18,19);1H. The fourth-order valence-corrected chi connectivity index (χ4v) is 1.63. The molecule has 1 rings (SSSR count). The normalized spacial score (nSPS) is 11.8. The van der Waals surface area contributed by atoms with Crippen molar-refractivity contribution in [1.29, 1.82) is 0 Å². The molecule has 0 aromatic heterocycles. The minimum absolute atomic E-state index is 0. The molecule has 0 atom stereocenters. The van der Waals surface area contributed by atoms with Crippen LogP contribution in [0.1, 0.15) is 26.3 Å². The summed E-state index contributed by atoms with van der Waals surface area (Å²) in [5.41, 5.74) is 1.13. The minimum Gasteiger partial charge on any atom is -0.355 e. The Balaban J connectivity index is 0.00000400. The van der Waals surface area contributed by atoms with Gasteiger partial charge in [-0.05, 0) is 38.5 Å². The van der Waals surface area contributed by atoms with E-state index in [0.29, 0.717) is 6.54 Å². The van der Waals surface area contributed by atoms with Crippen molar-refractivity contribution >= 4 is 29.9 Å². The predicted molar refractivity (Wildman–Crippen MR) is 97.8 cm³/mol. The lowest BCUT2D eigenvalue weighted by atomic mass is 10.1. The summed E-state index contributed by atoms with van der Waals surface area (Å²) in [5, 5.41) is 9.81. The van der Waals surface area contributed by atoms with Gasteiger partial charge in [0.15, 0.2) is 5.96 Å². The van der Waals surface area contributed by atoms with Crippen molar-refractivity contribution in [1.82, 2.24) is 16.0 Å². The molecule has 0 unspecified atom stereocenters. The summed E-state index contributed by atoms with van der Waals surface area (Å²) < 4.78 is 12.8. The Morgan fingerprint density at radius 3 is 2.24 bits per heavy atom. The van der Waals surface area contributed by atoms with Crippen molar-refractivity contribution in [2.45, 2.75) is 32.9 Å². The van der Waals surface area contributed by atoms with Crippen LogP contribution in [-0.4, -0.2) is 31.6 Å². The van der Waals surface area contributed by atoms with Crippen LogP contribution < -0.4 is 16.0 Å². The van der Waals surface area contributed by atoms with E-state index in [4.69, 9.17) is 0 Å². The second-order valence-electron chi connectivity index (χ2n) is 5.66. The van der Waals surface area contributed by atoms with E-state index in [1.165, 1.54) is 12.1 Å². The summed E-state index contributed by atoms with van der Waals surface area (Å²) in [6, 6.07) is 6.44. The van der Waals surface area contributed by atoms with E-state index in [-0.39, 0.29) is 35.3 Å². The second-order valence-corrected chi connectivity index (χ2v) is 5.66. The largest absolute Gasteiger partial charge is 0.355 e. The maximum absolute atomic E-state index is 12.8. The number of rotatable bonds is 5. The van der Waals surface area contributed by atoms with Gasteiger partial charge in [-0.2, -0.15) is 0 Å². The number of aliphatic imine (C=N–C) groups is 1. The van der Waals surface area contributed by atoms with Gasteiger partial charge in [0.1, 0.15) is 5.82 Å². The Bertz CT molecular complexity index is 426. The van der Waals surface area contributed by atoms with Crippen molar-refractivity contribution in [3.05, 3.63) is 35.6 Å². The zero-order valence-corrected chi connectivity index (χ0v) is 15.5. The molecule has 6 heteroatoms. The lowest BCUT2D eigenvalue weighted by molar-refractivity contribution is 0.428. The molecule has 0 aliphatic rings. The number of hydrogen-bond acceptors (Lipinski definition) is 2. The number of guanidine groups is 1. The fourth-order valence-electron chi connectivity index (χ4n) is 1.63. The van der Waals surface area contributed by atoms with Gasteiger partial charge in [-0.15, -0.1) is 24.0 Å². The minimum atomic E-state index is -0.218. The molecule has 4 nitrogen and oxygen atoms in total. The van der Waals surface area contributed by atoms with Crippen molar-refractivity contribution in [3.8, 4) is 0 Å². The van der Waals surface area contributed by atoms with Crippen molar-refractivity contribution < 1.29 is 4.39 Å². The predicted octanol–water partition coefficient (Wildman–Crippen LogP) is 2.50. The van der Waals surface area contributed by atoms with Gasteiger partial charge in [-0.25, -0.2) is 4.39 Å². The molecule has 21 heavy (non-hydrogen) atoms. The third-order valence-corrected chi connectivity index (χ3v) is 2.67. The Morgan fingerprint density at radius 2 is 1.71 bits per heavy atom. The van der Waals surface area contributed by atoms with Crippen LogP contribution in [0.3, 0.4) is 0 Å². The van der Waals surface area contributed by atoms with Gasteiger partial charge in [0.2, 0.25) is 0 Å². The van der Waals surface area contributed by atoms with Crippen LogP contribution in [0.15, 0.2) is 29.3 Å². The number of nitrogens with one attached hydrogen (secondary N) is 3. The van der Waals surface area contributed by atoms with Gasteiger partial charge in [0.05, 0.1) is 0 Å².